The Labute approximate surface area is 233 Å². The molecule has 0 bridgehead atoms. The largest absolute Gasteiger partial charge is 0.381 e. The van der Waals surface area contributed by atoms with Crippen LogP contribution in [-0.4, -0.2) is 66.4 Å². The molecule has 0 fully saturated rings. The highest BCUT2D eigenvalue weighted by Crippen LogP contribution is 2.37. The zero-order chi connectivity index (χ0) is 29.4. The maximum Gasteiger partial charge on any atom is 0.367 e. The number of aliphatic hydroxyl groups excluding tert-OH is 1. The van der Waals surface area contributed by atoms with Crippen LogP contribution in [0.2, 0.25) is 0 Å². The standard InChI is InChI=1S/C29H26FN3O8/c30-41-24(35)14-32-29(39)27(37)22(16-40-15-17-7-2-1-3-8-17)33-23(34)13-31-28(38)21-12-6-11-19-18-9-4-5-10-20(18)26(36)25(19)21/h1-12,22,27,37H,13-16H2,(H,31,38)(H,32,39)(H,33,34). The van der Waals surface area contributed by atoms with Crippen molar-refractivity contribution in [3.05, 3.63) is 95.1 Å². The van der Waals surface area contributed by atoms with Gasteiger partial charge in [-0.05, 0) is 22.8 Å². The van der Waals surface area contributed by atoms with Crippen LogP contribution in [0, 0.1) is 0 Å². The lowest BCUT2D eigenvalue weighted by atomic mass is 10.0. The fraction of sp³-hybridized carbons (Fsp3) is 0.207. The van der Waals surface area contributed by atoms with Crippen molar-refractivity contribution in [2.75, 3.05) is 19.7 Å². The Bertz CT molecular complexity index is 1460. The van der Waals surface area contributed by atoms with Crippen molar-refractivity contribution < 1.29 is 43.3 Å². The summed E-state index contributed by atoms with van der Waals surface area (Å²) < 4.78 is 17.5. The highest BCUT2D eigenvalue weighted by Gasteiger charge is 2.31. The van der Waals surface area contributed by atoms with Gasteiger partial charge in [-0.1, -0.05) is 66.7 Å². The molecular weight excluding hydrogens is 537 g/mol. The molecule has 0 spiro atoms. The van der Waals surface area contributed by atoms with Crippen LogP contribution in [0.1, 0.15) is 31.8 Å². The lowest BCUT2D eigenvalue weighted by molar-refractivity contribution is -0.182. The molecule has 0 heterocycles. The summed E-state index contributed by atoms with van der Waals surface area (Å²) in [6.45, 7) is -1.63. The quantitative estimate of drug-likeness (QED) is 0.200. The summed E-state index contributed by atoms with van der Waals surface area (Å²) in [4.78, 5) is 64.9. The third-order valence-electron chi connectivity index (χ3n) is 6.31. The van der Waals surface area contributed by atoms with Gasteiger partial charge in [0.1, 0.15) is 6.54 Å². The van der Waals surface area contributed by atoms with Gasteiger partial charge in [-0.2, -0.15) is 0 Å². The summed E-state index contributed by atoms with van der Waals surface area (Å²) in [5.41, 5.74) is 2.93. The minimum Gasteiger partial charge on any atom is -0.381 e. The SMILES string of the molecule is O=C(CNC(=O)c1cccc2c1C(=O)c1ccccc1-2)NC(COCc1ccccc1)C(O)C(=O)NCC(=O)OF. The Kier molecular flexibility index (Phi) is 9.51. The van der Waals surface area contributed by atoms with Crippen LogP contribution < -0.4 is 16.0 Å². The second-order valence-corrected chi connectivity index (χ2v) is 9.07. The van der Waals surface area contributed by atoms with E-state index in [1.807, 2.05) is 11.4 Å². The molecule has 4 N–H and O–H groups in total. The number of halogens is 1. The molecule has 212 valence electrons. The molecule has 3 aromatic rings. The van der Waals surface area contributed by atoms with Crippen LogP contribution in [0.3, 0.4) is 0 Å². The van der Waals surface area contributed by atoms with E-state index in [0.717, 1.165) is 5.56 Å². The van der Waals surface area contributed by atoms with Crippen molar-refractivity contribution in [1.82, 2.24) is 16.0 Å². The van der Waals surface area contributed by atoms with Crippen LogP contribution in [0.15, 0.2) is 72.8 Å². The van der Waals surface area contributed by atoms with Crippen LogP contribution >= 0.6 is 0 Å². The molecule has 1 aliphatic carbocycles. The number of amides is 3. The molecule has 12 heteroatoms. The minimum absolute atomic E-state index is 0.0957. The van der Waals surface area contributed by atoms with Gasteiger partial charge in [0.05, 0.1) is 31.4 Å². The summed E-state index contributed by atoms with van der Waals surface area (Å²) in [6, 6.07) is 19.5. The molecule has 1 aliphatic rings. The van der Waals surface area contributed by atoms with Gasteiger partial charge in [0.25, 0.3) is 11.8 Å². The van der Waals surface area contributed by atoms with E-state index in [0.29, 0.717) is 16.7 Å². The fourth-order valence-electron chi connectivity index (χ4n) is 4.34. The monoisotopic (exact) mass is 563 g/mol. The second-order valence-electron chi connectivity index (χ2n) is 9.07. The Hall–Kier alpha value is -4.94. The van der Waals surface area contributed by atoms with E-state index in [4.69, 9.17) is 4.74 Å². The predicted octanol–water partition coefficient (Wildman–Crippen LogP) is 1.23. The molecule has 3 amide bonds. The number of carbonyl (C=O) groups is 5. The number of aliphatic hydroxyl groups is 1. The number of fused-ring (bicyclic) bond motifs is 3. The van der Waals surface area contributed by atoms with Crippen molar-refractivity contribution in [1.29, 1.82) is 0 Å². The van der Waals surface area contributed by atoms with Crippen LogP contribution in [0.25, 0.3) is 11.1 Å². The molecular formula is C29H26FN3O8. The van der Waals surface area contributed by atoms with E-state index in [9.17, 15) is 33.6 Å². The van der Waals surface area contributed by atoms with Gasteiger partial charge in [-0.15, -0.1) is 0 Å². The maximum absolute atomic E-state index is 13.0. The molecule has 2 unspecified atom stereocenters. The van der Waals surface area contributed by atoms with Gasteiger partial charge < -0.3 is 25.8 Å². The predicted molar refractivity (Wildman–Crippen MR) is 142 cm³/mol. The van der Waals surface area contributed by atoms with Gasteiger partial charge >= 0.3 is 5.97 Å². The summed E-state index contributed by atoms with van der Waals surface area (Å²) in [5, 5.41) is 17.4. The molecule has 2 atom stereocenters. The summed E-state index contributed by atoms with van der Waals surface area (Å²) in [6.07, 6.45) is -1.90. The average molecular weight is 564 g/mol. The van der Waals surface area contributed by atoms with Crippen molar-refractivity contribution in [3.8, 4) is 11.1 Å². The first-order chi connectivity index (χ1) is 19.8. The Balaban J connectivity index is 1.39. The van der Waals surface area contributed by atoms with E-state index < -0.39 is 48.9 Å². The maximum atomic E-state index is 13.0. The number of hydrogen-bond acceptors (Lipinski definition) is 8. The van der Waals surface area contributed by atoms with E-state index in [-0.39, 0.29) is 30.1 Å². The molecule has 11 nitrogen and oxygen atoms in total. The smallest absolute Gasteiger partial charge is 0.367 e. The average Bonchev–Trinajstić information content (AvgIpc) is 3.30. The molecule has 3 aromatic carbocycles. The van der Waals surface area contributed by atoms with Crippen molar-refractivity contribution in [2.45, 2.75) is 18.8 Å². The molecule has 0 aliphatic heterocycles. The van der Waals surface area contributed by atoms with E-state index in [2.05, 4.69) is 15.6 Å². The van der Waals surface area contributed by atoms with Gasteiger partial charge in [0.15, 0.2) is 11.9 Å². The summed E-state index contributed by atoms with van der Waals surface area (Å²) in [7, 11) is 0. The van der Waals surface area contributed by atoms with Crippen molar-refractivity contribution in [3.63, 3.8) is 0 Å². The number of benzene rings is 3. The lowest BCUT2D eigenvalue weighted by Gasteiger charge is -2.23. The first kappa shape index (κ1) is 29.1. The molecule has 41 heavy (non-hydrogen) atoms. The zero-order valence-electron chi connectivity index (χ0n) is 21.6. The molecule has 4 rings (SSSR count). The number of ether oxygens (including phenoxy) is 1. The number of rotatable bonds is 12. The van der Waals surface area contributed by atoms with E-state index >= 15 is 0 Å². The third kappa shape index (κ3) is 6.99. The zero-order valence-corrected chi connectivity index (χ0v) is 21.6. The van der Waals surface area contributed by atoms with E-state index in [1.165, 1.54) is 6.07 Å². The topological polar surface area (TPSA) is 160 Å². The first-order valence-corrected chi connectivity index (χ1v) is 12.5. The summed E-state index contributed by atoms with van der Waals surface area (Å²) in [5.74, 6) is -4.22. The van der Waals surface area contributed by atoms with Gasteiger partial charge in [-0.3, -0.25) is 24.1 Å². The first-order valence-electron chi connectivity index (χ1n) is 12.5. The van der Waals surface area contributed by atoms with Crippen molar-refractivity contribution >= 4 is 29.5 Å². The van der Waals surface area contributed by atoms with E-state index in [1.54, 1.807) is 60.7 Å². The van der Waals surface area contributed by atoms with Crippen molar-refractivity contribution in [2.24, 2.45) is 0 Å². The third-order valence-corrected chi connectivity index (χ3v) is 6.31. The Morgan fingerprint density at radius 2 is 1.51 bits per heavy atom. The number of carbonyl (C=O) groups excluding carboxylic acids is 5. The summed E-state index contributed by atoms with van der Waals surface area (Å²) >= 11 is 0. The number of nitrogens with one attached hydrogen (secondary N) is 3. The Morgan fingerprint density at radius 1 is 0.829 bits per heavy atom. The second kappa shape index (κ2) is 13.4. The molecule has 0 radical (unpaired) electrons. The molecule has 0 saturated carbocycles. The molecule has 0 saturated heterocycles. The Morgan fingerprint density at radius 3 is 2.24 bits per heavy atom. The fourth-order valence-corrected chi connectivity index (χ4v) is 4.34. The molecule has 0 aromatic heterocycles. The van der Waals surface area contributed by atoms with Crippen LogP contribution in [0.4, 0.5) is 4.53 Å². The number of hydrogen-bond donors (Lipinski definition) is 4. The number of ketones is 1. The highest BCUT2D eigenvalue weighted by atomic mass is 19.3. The van der Waals surface area contributed by atoms with Crippen LogP contribution in [-0.2, 0) is 30.7 Å². The highest BCUT2D eigenvalue weighted by molar-refractivity contribution is 6.25. The van der Waals surface area contributed by atoms with Gasteiger partial charge in [0, 0.05) is 15.7 Å². The lowest BCUT2D eigenvalue weighted by Crippen LogP contribution is -2.54. The minimum atomic E-state index is -1.90. The van der Waals surface area contributed by atoms with Gasteiger partial charge in [0.2, 0.25) is 5.91 Å². The van der Waals surface area contributed by atoms with Crippen LogP contribution in [0.5, 0.6) is 0 Å². The van der Waals surface area contributed by atoms with Gasteiger partial charge in [-0.25, -0.2) is 4.79 Å². The normalized spacial score (nSPS) is 12.9.